The molecule has 0 fully saturated rings. The first kappa shape index (κ1) is 18.6. The average molecular weight is 246 g/mol. The van der Waals surface area contributed by atoms with Gasteiger partial charge in [-0.2, -0.15) is 0 Å². The number of ether oxygens (including phenoxy) is 1. The van der Waals surface area contributed by atoms with Crippen LogP contribution < -0.4 is 4.74 Å². The highest BCUT2D eigenvalue weighted by molar-refractivity contribution is 5.86. The van der Waals surface area contributed by atoms with Crippen molar-refractivity contribution in [2.75, 3.05) is 6.61 Å². The van der Waals surface area contributed by atoms with Crippen molar-refractivity contribution in [1.29, 1.82) is 0 Å². The Kier molecular flexibility index (Phi) is 17.0. The highest BCUT2D eigenvalue weighted by Crippen LogP contribution is 2.07. The molecule has 0 N–H and O–H groups in total. The zero-order valence-electron chi connectivity index (χ0n) is 7.43. The molecule has 0 bridgehead atoms. The molecule has 0 amide bonds. The van der Waals surface area contributed by atoms with Gasteiger partial charge in [-0.1, -0.05) is 25.1 Å². The second kappa shape index (κ2) is 11.9. The predicted molar refractivity (Wildman–Crippen MR) is 64.0 cm³/mol. The number of halogens is 3. The van der Waals surface area contributed by atoms with Gasteiger partial charge in [-0.3, -0.25) is 0 Å². The summed E-state index contributed by atoms with van der Waals surface area (Å²) >= 11 is 0. The Bertz CT molecular complexity index is 179. The fraction of sp³-hybridized carbons (Fsp3) is 0.333. The van der Waals surface area contributed by atoms with E-state index in [1.807, 2.05) is 30.3 Å². The number of benzene rings is 1. The first-order chi connectivity index (χ1) is 4.93. The van der Waals surface area contributed by atoms with Crippen LogP contribution in [0.15, 0.2) is 30.3 Å². The third kappa shape index (κ3) is 8.23. The van der Waals surface area contributed by atoms with Crippen molar-refractivity contribution in [3.63, 3.8) is 0 Å². The van der Waals surface area contributed by atoms with Gasteiger partial charge in [0.05, 0.1) is 6.61 Å². The van der Waals surface area contributed by atoms with E-state index in [0.29, 0.717) is 0 Å². The summed E-state index contributed by atoms with van der Waals surface area (Å²) < 4.78 is 5.36. The average Bonchev–Trinajstić information content (AvgIpc) is 2.03. The minimum Gasteiger partial charge on any atom is -0.494 e. The van der Waals surface area contributed by atoms with Gasteiger partial charge in [-0.15, -0.1) is 37.2 Å². The topological polar surface area (TPSA) is 9.23 Å². The van der Waals surface area contributed by atoms with Crippen molar-refractivity contribution in [2.45, 2.75) is 13.3 Å². The van der Waals surface area contributed by atoms with E-state index in [4.69, 9.17) is 4.74 Å². The monoisotopic (exact) mass is 244 g/mol. The Balaban J connectivity index is -0.000000333. The van der Waals surface area contributed by atoms with Gasteiger partial charge < -0.3 is 4.74 Å². The predicted octanol–water partition coefficient (Wildman–Crippen LogP) is 3.74. The lowest BCUT2D eigenvalue weighted by Crippen LogP contribution is -1.93. The Labute approximate surface area is 98.1 Å². The molecule has 0 radical (unpaired) electrons. The summed E-state index contributed by atoms with van der Waals surface area (Å²) in [5.74, 6) is 0.962. The van der Waals surface area contributed by atoms with Gasteiger partial charge in [0, 0.05) is 0 Å². The SMILES string of the molecule is CCCOc1ccccc1.Cl.Cl.Cl. The molecular weight excluding hydrogens is 230 g/mol. The van der Waals surface area contributed by atoms with Gasteiger partial charge >= 0.3 is 0 Å². The molecule has 0 saturated carbocycles. The molecule has 0 unspecified atom stereocenters. The van der Waals surface area contributed by atoms with E-state index in [0.717, 1.165) is 18.8 Å². The van der Waals surface area contributed by atoms with Gasteiger partial charge in [0.15, 0.2) is 0 Å². The number of hydrogen-bond donors (Lipinski definition) is 0. The van der Waals surface area contributed by atoms with Crippen molar-refractivity contribution in [1.82, 2.24) is 0 Å². The highest BCUT2D eigenvalue weighted by atomic mass is 35.5. The standard InChI is InChI=1S/C9H12O.3ClH/c1-2-8-10-9-6-4-3-5-7-9;;;/h3-7H,2,8H2,1H3;3*1H. The Hall–Kier alpha value is -0.110. The van der Waals surface area contributed by atoms with Crippen molar-refractivity contribution >= 4 is 37.2 Å². The van der Waals surface area contributed by atoms with E-state index >= 15 is 0 Å². The molecule has 0 heterocycles. The normalized spacial score (nSPS) is 7.15. The van der Waals surface area contributed by atoms with Crippen molar-refractivity contribution in [3.05, 3.63) is 30.3 Å². The molecule has 4 heteroatoms. The van der Waals surface area contributed by atoms with Crippen LogP contribution in [0.1, 0.15) is 13.3 Å². The molecule has 78 valence electrons. The summed E-state index contributed by atoms with van der Waals surface area (Å²) in [5, 5.41) is 0. The molecule has 13 heavy (non-hydrogen) atoms. The van der Waals surface area contributed by atoms with Crippen LogP contribution in [0.5, 0.6) is 5.75 Å². The quantitative estimate of drug-likeness (QED) is 0.788. The summed E-state index contributed by atoms with van der Waals surface area (Å²) in [6, 6.07) is 9.88. The first-order valence-corrected chi connectivity index (χ1v) is 3.61. The van der Waals surface area contributed by atoms with E-state index in [9.17, 15) is 0 Å². The van der Waals surface area contributed by atoms with Gasteiger partial charge in [-0.25, -0.2) is 0 Å². The minimum absolute atomic E-state index is 0. The van der Waals surface area contributed by atoms with Crippen LogP contribution in [0, 0.1) is 0 Å². The second-order valence-electron chi connectivity index (χ2n) is 2.16. The van der Waals surface area contributed by atoms with Gasteiger partial charge in [0.2, 0.25) is 0 Å². The van der Waals surface area contributed by atoms with Gasteiger partial charge in [-0.05, 0) is 18.6 Å². The molecular formula is C9H15Cl3O. The maximum atomic E-state index is 5.36. The van der Waals surface area contributed by atoms with Crippen LogP contribution in [0.4, 0.5) is 0 Å². The molecule has 1 aromatic carbocycles. The zero-order valence-corrected chi connectivity index (χ0v) is 9.88. The highest BCUT2D eigenvalue weighted by Gasteiger charge is 1.86. The van der Waals surface area contributed by atoms with E-state index in [1.165, 1.54) is 0 Å². The van der Waals surface area contributed by atoms with E-state index in [1.54, 1.807) is 0 Å². The lowest BCUT2D eigenvalue weighted by Gasteiger charge is -2.01. The van der Waals surface area contributed by atoms with Crippen LogP contribution in [0.25, 0.3) is 0 Å². The smallest absolute Gasteiger partial charge is 0.119 e. The van der Waals surface area contributed by atoms with Crippen LogP contribution >= 0.6 is 37.2 Å². The Morgan fingerprint density at radius 2 is 1.54 bits per heavy atom. The first-order valence-electron chi connectivity index (χ1n) is 3.61. The van der Waals surface area contributed by atoms with Crippen molar-refractivity contribution in [3.8, 4) is 5.75 Å². The minimum atomic E-state index is 0. The molecule has 0 aliphatic carbocycles. The Morgan fingerprint density at radius 1 is 1.00 bits per heavy atom. The third-order valence-corrected chi connectivity index (χ3v) is 1.22. The maximum absolute atomic E-state index is 5.36. The molecule has 1 nitrogen and oxygen atoms in total. The summed E-state index contributed by atoms with van der Waals surface area (Å²) in [6.07, 6.45) is 1.06. The number of para-hydroxylation sites is 1. The summed E-state index contributed by atoms with van der Waals surface area (Å²) in [7, 11) is 0. The molecule has 0 atom stereocenters. The lowest BCUT2D eigenvalue weighted by atomic mass is 10.3. The molecule has 0 aliphatic rings. The van der Waals surface area contributed by atoms with E-state index in [-0.39, 0.29) is 37.2 Å². The molecule has 0 spiro atoms. The van der Waals surface area contributed by atoms with Crippen molar-refractivity contribution in [2.24, 2.45) is 0 Å². The molecule has 0 aromatic heterocycles. The number of rotatable bonds is 3. The summed E-state index contributed by atoms with van der Waals surface area (Å²) in [4.78, 5) is 0. The van der Waals surface area contributed by atoms with E-state index < -0.39 is 0 Å². The second-order valence-corrected chi connectivity index (χ2v) is 2.16. The van der Waals surface area contributed by atoms with Crippen LogP contribution in [0.3, 0.4) is 0 Å². The van der Waals surface area contributed by atoms with E-state index in [2.05, 4.69) is 6.92 Å². The molecule has 1 aromatic rings. The Morgan fingerprint density at radius 3 is 2.00 bits per heavy atom. The van der Waals surface area contributed by atoms with Gasteiger partial charge in [0.1, 0.15) is 5.75 Å². The number of hydrogen-bond acceptors (Lipinski definition) is 1. The fourth-order valence-corrected chi connectivity index (χ4v) is 0.737. The van der Waals surface area contributed by atoms with Crippen LogP contribution in [0.2, 0.25) is 0 Å². The van der Waals surface area contributed by atoms with Crippen LogP contribution in [-0.2, 0) is 0 Å². The lowest BCUT2D eigenvalue weighted by molar-refractivity contribution is 0.317. The molecule has 0 aliphatic heterocycles. The molecule has 1 rings (SSSR count). The fourth-order valence-electron chi connectivity index (χ4n) is 0.737. The zero-order chi connectivity index (χ0) is 7.23. The van der Waals surface area contributed by atoms with Crippen molar-refractivity contribution < 1.29 is 4.74 Å². The third-order valence-electron chi connectivity index (χ3n) is 1.22. The van der Waals surface area contributed by atoms with Gasteiger partial charge in [0.25, 0.3) is 0 Å². The summed E-state index contributed by atoms with van der Waals surface area (Å²) in [5.41, 5.74) is 0. The molecule has 0 saturated heterocycles. The van der Waals surface area contributed by atoms with Crippen LogP contribution in [-0.4, -0.2) is 6.61 Å². The maximum Gasteiger partial charge on any atom is 0.119 e. The largest absolute Gasteiger partial charge is 0.494 e. The summed E-state index contributed by atoms with van der Waals surface area (Å²) in [6.45, 7) is 2.91.